The van der Waals surface area contributed by atoms with Crippen molar-refractivity contribution in [3.05, 3.63) is 53.9 Å². The van der Waals surface area contributed by atoms with Crippen LogP contribution in [0.15, 0.2) is 42.6 Å². The second kappa shape index (κ2) is 7.31. The van der Waals surface area contributed by atoms with Gasteiger partial charge in [-0.3, -0.25) is 9.78 Å². The number of pyridine rings is 1. The first-order valence-corrected chi connectivity index (χ1v) is 10.8. The first-order valence-electron chi connectivity index (χ1n) is 8.97. The number of amides is 1. The van der Waals surface area contributed by atoms with Gasteiger partial charge >= 0.3 is 0 Å². The van der Waals surface area contributed by atoms with Gasteiger partial charge in [-0.25, -0.2) is 8.42 Å². The summed E-state index contributed by atoms with van der Waals surface area (Å²) in [4.78, 5) is 16.6. The summed E-state index contributed by atoms with van der Waals surface area (Å²) in [6, 6.07) is 11.0. The van der Waals surface area contributed by atoms with Crippen molar-refractivity contribution in [1.29, 1.82) is 0 Å². The number of anilines is 2. The Kier molecular flexibility index (Phi) is 5.24. The van der Waals surface area contributed by atoms with Crippen LogP contribution in [0.4, 0.5) is 11.4 Å². The molecule has 1 unspecified atom stereocenters. The van der Waals surface area contributed by atoms with E-state index in [1.807, 2.05) is 24.3 Å². The minimum absolute atomic E-state index is 0.0534. The highest BCUT2D eigenvalue weighted by Gasteiger charge is 2.27. The van der Waals surface area contributed by atoms with Gasteiger partial charge in [-0.2, -0.15) is 0 Å². The van der Waals surface area contributed by atoms with Gasteiger partial charge in [-0.05, 0) is 41.7 Å². The second-order valence-electron chi connectivity index (χ2n) is 7.96. The molecule has 1 aliphatic rings. The van der Waals surface area contributed by atoms with Gasteiger partial charge in [-0.1, -0.05) is 32.9 Å². The molecule has 0 aliphatic carbocycles. The van der Waals surface area contributed by atoms with Crippen molar-refractivity contribution in [2.24, 2.45) is 0 Å². The summed E-state index contributed by atoms with van der Waals surface area (Å²) in [7, 11) is -2.95. The summed E-state index contributed by atoms with van der Waals surface area (Å²) in [5.74, 6) is 0.0196. The second-order valence-corrected chi connectivity index (χ2v) is 10.2. The molecule has 1 aromatic heterocycles. The van der Waals surface area contributed by atoms with Crippen LogP contribution in [-0.4, -0.2) is 36.9 Å². The Hall–Kier alpha value is -2.41. The predicted octanol–water partition coefficient (Wildman–Crippen LogP) is 3.23. The van der Waals surface area contributed by atoms with Crippen molar-refractivity contribution in [3.8, 4) is 0 Å². The first kappa shape index (κ1) is 19.4. The Labute approximate surface area is 160 Å². The largest absolute Gasteiger partial charge is 0.381 e. The Morgan fingerprint density at radius 1 is 1.11 bits per heavy atom. The topological polar surface area (TPSA) is 88.2 Å². The van der Waals surface area contributed by atoms with Crippen molar-refractivity contribution in [3.63, 3.8) is 0 Å². The quantitative estimate of drug-likeness (QED) is 0.841. The number of hydrogen-bond acceptors (Lipinski definition) is 5. The number of hydrogen-bond donors (Lipinski definition) is 2. The Morgan fingerprint density at radius 2 is 1.81 bits per heavy atom. The Bertz CT molecular complexity index is 932. The monoisotopic (exact) mass is 387 g/mol. The summed E-state index contributed by atoms with van der Waals surface area (Å²) in [6.45, 7) is 6.41. The van der Waals surface area contributed by atoms with E-state index in [-0.39, 0.29) is 34.6 Å². The number of sulfone groups is 1. The van der Waals surface area contributed by atoms with Gasteiger partial charge in [0.05, 0.1) is 11.5 Å². The van der Waals surface area contributed by atoms with Gasteiger partial charge in [0.15, 0.2) is 9.84 Å². The predicted molar refractivity (Wildman–Crippen MR) is 108 cm³/mol. The lowest BCUT2D eigenvalue weighted by Gasteiger charge is -2.19. The zero-order valence-electron chi connectivity index (χ0n) is 15.8. The molecular weight excluding hydrogens is 362 g/mol. The van der Waals surface area contributed by atoms with Crippen LogP contribution in [-0.2, 0) is 15.3 Å². The van der Waals surface area contributed by atoms with Crippen molar-refractivity contribution in [2.75, 3.05) is 22.1 Å². The molecule has 1 amide bonds. The number of nitrogens with one attached hydrogen (secondary N) is 2. The summed E-state index contributed by atoms with van der Waals surface area (Å²) in [5, 5.41) is 6.03. The molecule has 3 rings (SSSR count). The molecule has 1 fully saturated rings. The van der Waals surface area contributed by atoms with Gasteiger partial charge in [0.1, 0.15) is 5.69 Å². The van der Waals surface area contributed by atoms with Gasteiger partial charge < -0.3 is 10.6 Å². The summed E-state index contributed by atoms with van der Waals surface area (Å²) >= 11 is 0. The molecule has 6 nitrogen and oxygen atoms in total. The number of carbonyl (C=O) groups excluding carboxylic acids is 1. The maximum atomic E-state index is 12.5. The molecule has 1 atom stereocenters. The lowest BCUT2D eigenvalue weighted by molar-refractivity contribution is 0.102. The molecule has 27 heavy (non-hydrogen) atoms. The van der Waals surface area contributed by atoms with Crippen molar-refractivity contribution < 1.29 is 13.2 Å². The zero-order chi connectivity index (χ0) is 19.7. The van der Waals surface area contributed by atoms with E-state index in [4.69, 9.17) is 0 Å². The summed E-state index contributed by atoms with van der Waals surface area (Å²) in [5.41, 5.74) is 2.92. The standard InChI is InChI=1S/C20H25N3O3S/c1-20(2,3)14-4-6-15(7-5-14)23-19(24)18-12-16(8-10-21-18)22-17-9-11-27(25,26)13-17/h4-8,10,12,17H,9,11,13H2,1-3H3,(H,21,22)(H,23,24). The average molecular weight is 388 g/mol. The molecular formula is C20H25N3O3S. The lowest BCUT2D eigenvalue weighted by atomic mass is 9.87. The van der Waals surface area contributed by atoms with Crippen LogP contribution in [0.3, 0.4) is 0 Å². The molecule has 1 saturated heterocycles. The third-order valence-corrected chi connectivity index (χ3v) is 6.37. The van der Waals surface area contributed by atoms with Crippen molar-refractivity contribution >= 4 is 27.1 Å². The van der Waals surface area contributed by atoms with Crippen LogP contribution >= 0.6 is 0 Å². The average Bonchev–Trinajstić information content (AvgIpc) is 2.93. The van der Waals surface area contributed by atoms with E-state index in [2.05, 4.69) is 36.4 Å². The fourth-order valence-electron chi connectivity index (χ4n) is 3.04. The first-order chi connectivity index (χ1) is 12.6. The number of carbonyl (C=O) groups is 1. The van der Waals surface area contributed by atoms with E-state index < -0.39 is 9.84 Å². The lowest BCUT2D eigenvalue weighted by Crippen LogP contribution is -2.21. The van der Waals surface area contributed by atoms with E-state index in [0.717, 1.165) is 0 Å². The molecule has 7 heteroatoms. The molecule has 0 bridgehead atoms. The maximum Gasteiger partial charge on any atom is 0.274 e. The zero-order valence-corrected chi connectivity index (χ0v) is 16.6. The van der Waals surface area contributed by atoms with E-state index in [1.54, 1.807) is 18.3 Å². The van der Waals surface area contributed by atoms with Gasteiger partial charge in [-0.15, -0.1) is 0 Å². The van der Waals surface area contributed by atoms with Crippen LogP contribution in [0, 0.1) is 0 Å². The molecule has 2 N–H and O–H groups in total. The van der Waals surface area contributed by atoms with E-state index >= 15 is 0 Å². The number of benzene rings is 1. The molecule has 0 saturated carbocycles. The number of rotatable bonds is 4. The molecule has 2 aromatic rings. The third kappa shape index (κ3) is 5.07. The fourth-order valence-corrected chi connectivity index (χ4v) is 4.71. The molecule has 2 heterocycles. The molecule has 1 aromatic carbocycles. The number of nitrogens with zero attached hydrogens (tertiary/aromatic N) is 1. The molecule has 0 spiro atoms. The molecule has 144 valence electrons. The molecule has 1 aliphatic heterocycles. The highest BCUT2D eigenvalue weighted by Crippen LogP contribution is 2.24. The highest BCUT2D eigenvalue weighted by molar-refractivity contribution is 7.91. The van der Waals surface area contributed by atoms with E-state index in [0.29, 0.717) is 17.8 Å². The van der Waals surface area contributed by atoms with Gasteiger partial charge in [0, 0.05) is 23.6 Å². The SMILES string of the molecule is CC(C)(C)c1ccc(NC(=O)c2cc(NC3CCS(=O)(=O)C3)ccn2)cc1. The van der Waals surface area contributed by atoms with Crippen molar-refractivity contribution in [1.82, 2.24) is 4.98 Å². The third-order valence-electron chi connectivity index (χ3n) is 4.60. The van der Waals surface area contributed by atoms with Crippen LogP contribution in [0.1, 0.15) is 43.2 Å². The fraction of sp³-hybridized carbons (Fsp3) is 0.400. The Balaban J connectivity index is 1.67. The highest BCUT2D eigenvalue weighted by atomic mass is 32.2. The minimum atomic E-state index is -2.95. The summed E-state index contributed by atoms with van der Waals surface area (Å²) < 4.78 is 23.2. The van der Waals surface area contributed by atoms with Crippen LogP contribution in [0.5, 0.6) is 0 Å². The normalized spacial score (nSPS) is 18.9. The van der Waals surface area contributed by atoms with Crippen molar-refractivity contribution in [2.45, 2.75) is 38.6 Å². The Morgan fingerprint density at radius 3 is 2.41 bits per heavy atom. The summed E-state index contributed by atoms with van der Waals surface area (Å²) in [6.07, 6.45) is 2.12. The van der Waals surface area contributed by atoms with Gasteiger partial charge in [0.25, 0.3) is 5.91 Å². The van der Waals surface area contributed by atoms with Crippen LogP contribution in [0.2, 0.25) is 0 Å². The van der Waals surface area contributed by atoms with Gasteiger partial charge in [0.2, 0.25) is 0 Å². The van der Waals surface area contributed by atoms with Crippen LogP contribution in [0.25, 0.3) is 0 Å². The van der Waals surface area contributed by atoms with Crippen LogP contribution < -0.4 is 10.6 Å². The van der Waals surface area contributed by atoms with E-state index in [9.17, 15) is 13.2 Å². The molecule has 0 radical (unpaired) electrons. The van der Waals surface area contributed by atoms with E-state index in [1.165, 1.54) is 5.56 Å². The number of aromatic nitrogens is 1. The maximum absolute atomic E-state index is 12.5. The smallest absolute Gasteiger partial charge is 0.274 e. The minimum Gasteiger partial charge on any atom is -0.381 e.